The molecule has 1 atom stereocenters. The fraction of sp³-hybridized carbons (Fsp3) is 0.333. The highest BCUT2D eigenvalue weighted by Gasteiger charge is 2.17. The molecule has 0 amide bonds. The van der Waals surface area contributed by atoms with Crippen LogP contribution >= 0.6 is 0 Å². The Morgan fingerprint density at radius 1 is 1.19 bits per heavy atom. The summed E-state index contributed by atoms with van der Waals surface area (Å²) in [7, 11) is 1.49. The van der Waals surface area contributed by atoms with Gasteiger partial charge in [-0.2, -0.15) is 0 Å². The molecule has 1 N–H and O–H groups in total. The Hall–Kier alpha value is -1.87. The second-order valence-corrected chi connectivity index (χ2v) is 5.14. The van der Waals surface area contributed by atoms with E-state index in [-0.39, 0.29) is 17.6 Å². The van der Waals surface area contributed by atoms with E-state index in [0.717, 1.165) is 18.5 Å². The van der Waals surface area contributed by atoms with Gasteiger partial charge in [-0.1, -0.05) is 37.3 Å². The number of aryl methyl sites for hydroxylation is 1. The number of ether oxygens (including phenoxy) is 1. The minimum atomic E-state index is -0.333. The average Bonchev–Trinajstić information content (AvgIpc) is 2.50. The number of rotatable bonds is 6. The molecule has 0 fully saturated rings. The van der Waals surface area contributed by atoms with E-state index in [4.69, 9.17) is 4.74 Å². The highest BCUT2D eigenvalue weighted by Crippen LogP contribution is 2.28. The van der Waals surface area contributed by atoms with Crippen molar-refractivity contribution in [2.24, 2.45) is 0 Å². The lowest BCUT2D eigenvalue weighted by Crippen LogP contribution is -2.24. The number of hydrogen-bond acceptors (Lipinski definition) is 2. The van der Waals surface area contributed by atoms with Gasteiger partial charge in [0.15, 0.2) is 11.6 Å². The Labute approximate surface area is 126 Å². The van der Waals surface area contributed by atoms with Gasteiger partial charge in [-0.15, -0.1) is 0 Å². The van der Waals surface area contributed by atoms with Crippen molar-refractivity contribution in [1.82, 2.24) is 5.32 Å². The van der Waals surface area contributed by atoms with Crippen LogP contribution in [-0.2, 0) is 0 Å². The van der Waals surface area contributed by atoms with E-state index in [1.54, 1.807) is 6.07 Å². The van der Waals surface area contributed by atoms with Crippen molar-refractivity contribution < 1.29 is 9.13 Å². The van der Waals surface area contributed by atoms with Crippen molar-refractivity contribution in [3.05, 3.63) is 65.0 Å². The van der Waals surface area contributed by atoms with E-state index < -0.39 is 0 Å². The fourth-order valence-corrected chi connectivity index (χ4v) is 2.46. The molecule has 0 saturated carbocycles. The van der Waals surface area contributed by atoms with E-state index in [0.29, 0.717) is 0 Å². The predicted molar refractivity (Wildman–Crippen MR) is 84.3 cm³/mol. The lowest BCUT2D eigenvalue weighted by atomic mass is 9.94. The van der Waals surface area contributed by atoms with E-state index in [2.05, 4.69) is 31.3 Å². The van der Waals surface area contributed by atoms with Gasteiger partial charge in [0.2, 0.25) is 0 Å². The number of methoxy groups -OCH3 is 1. The van der Waals surface area contributed by atoms with Gasteiger partial charge in [0.1, 0.15) is 0 Å². The van der Waals surface area contributed by atoms with Gasteiger partial charge >= 0.3 is 0 Å². The fourth-order valence-electron chi connectivity index (χ4n) is 2.46. The molecule has 2 rings (SSSR count). The van der Waals surface area contributed by atoms with Gasteiger partial charge < -0.3 is 10.1 Å². The molecule has 0 heterocycles. The summed E-state index contributed by atoms with van der Waals surface area (Å²) in [6.07, 6.45) is 1.04. The van der Waals surface area contributed by atoms with Crippen molar-refractivity contribution in [3.8, 4) is 5.75 Å². The molecule has 2 aromatic carbocycles. The van der Waals surface area contributed by atoms with Crippen LogP contribution in [0.5, 0.6) is 5.75 Å². The molecule has 0 saturated heterocycles. The molecule has 3 heteroatoms. The molecule has 0 aliphatic rings. The van der Waals surface area contributed by atoms with Crippen molar-refractivity contribution in [3.63, 3.8) is 0 Å². The Morgan fingerprint density at radius 2 is 1.95 bits per heavy atom. The van der Waals surface area contributed by atoms with E-state index in [1.807, 2.05) is 18.2 Å². The molecule has 0 aliphatic heterocycles. The predicted octanol–water partition coefficient (Wildman–Crippen LogP) is 4.23. The topological polar surface area (TPSA) is 21.3 Å². The molecule has 0 aromatic heterocycles. The molecule has 2 nitrogen and oxygen atoms in total. The SMILES string of the molecule is CCCNC(c1ccc(F)c(OC)c1)c1ccccc1C. The molecule has 2 aromatic rings. The zero-order chi connectivity index (χ0) is 15.2. The van der Waals surface area contributed by atoms with Crippen LogP contribution in [0.1, 0.15) is 36.1 Å². The van der Waals surface area contributed by atoms with E-state index in [1.165, 1.54) is 24.3 Å². The highest BCUT2D eigenvalue weighted by molar-refractivity contribution is 5.40. The van der Waals surface area contributed by atoms with Gasteiger partial charge in [0.05, 0.1) is 13.2 Å². The maximum Gasteiger partial charge on any atom is 0.165 e. The molecule has 0 spiro atoms. The van der Waals surface area contributed by atoms with Crippen molar-refractivity contribution in [2.75, 3.05) is 13.7 Å². The van der Waals surface area contributed by atoms with Crippen molar-refractivity contribution in [1.29, 1.82) is 0 Å². The minimum Gasteiger partial charge on any atom is -0.494 e. The first-order valence-corrected chi connectivity index (χ1v) is 7.29. The Morgan fingerprint density at radius 3 is 2.62 bits per heavy atom. The van der Waals surface area contributed by atoms with Crippen LogP contribution < -0.4 is 10.1 Å². The average molecular weight is 287 g/mol. The van der Waals surface area contributed by atoms with Gasteiger partial charge in [-0.05, 0) is 48.7 Å². The first-order valence-electron chi connectivity index (χ1n) is 7.29. The number of halogens is 1. The first-order chi connectivity index (χ1) is 10.2. The van der Waals surface area contributed by atoms with Crippen LogP contribution in [0.2, 0.25) is 0 Å². The van der Waals surface area contributed by atoms with Crippen LogP contribution in [0.25, 0.3) is 0 Å². The quantitative estimate of drug-likeness (QED) is 0.858. The van der Waals surface area contributed by atoms with Crippen molar-refractivity contribution in [2.45, 2.75) is 26.3 Å². The monoisotopic (exact) mass is 287 g/mol. The van der Waals surface area contributed by atoms with Gasteiger partial charge in [0, 0.05) is 0 Å². The summed E-state index contributed by atoms with van der Waals surface area (Å²) in [6, 6.07) is 13.4. The smallest absolute Gasteiger partial charge is 0.165 e. The molecule has 21 heavy (non-hydrogen) atoms. The minimum absolute atomic E-state index is 0.0423. The molecule has 0 radical (unpaired) electrons. The molecule has 112 valence electrons. The molecular formula is C18H22FNO. The molecule has 1 unspecified atom stereocenters. The summed E-state index contributed by atoms with van der Waals surface area (Å²) in [5.41, 5.74) is 3.44. The zero-order valence-electron chi connectivity index (χ0n) is 12.8. The third kappa shape index (κ3) is 3.61. The second-order valence-electron chi connectivity index (χ2n) is 5.14. The summed E-state index contributed by atoms with van der Waals surface area (Å²) >= 11 is 0. The summed E-state index contributed by atoms with van der Waals surface area (Å²) in [4.78, 5) is 0. The summed E-state index contributed by atoms with van der Waals surface area (Å²) in [5, 5.41) is 3.54. The summed E-state index contributed by atoms with van der Waals surface area (Å²) in [6.45, 7) is 5.13. The van der Waals surface area contributed by atoms with Crippen LogP contribution in [0.3, 0.4) is 0 Å². The maximum atomic E-state index is 13.6. The summed E-state index contributed by atoms with van der Waals surface area (Å²) in [5.74, 6) is -0.0512. The summed E-state index contributed by atoms with van der Waals surface area (Å²) < 4.78 is 18.7. The maximum absolute atomic E-state index is 13.6. The Balaban J connectivity index is 2.43. The molecule has 0 aliphatic carbocycles. The highest BCUT2D eigenvalue weighted by atomic mass is 19.1. The third-order valence-corrected chi connectivity index (χ3v) is 3.61. The van der Waals surface area contributed by atoms with E-state index in [9.17, 15) is 4.39 Å². The van der Waals surface area contributed by atoms with Crippen LogP contribution in [0.4, 0.5) is 4.39 Å². The van der Waals surface area contributed by atoms with E-state index >= 15 is 0 Å². The molecular weight excluding hydrogens is 265 g/mol. The third-order valence-electron chi connectivity index (χ3n) is 3.61. The van der Waals surface area contributed by atoms with Gasteiger partial charge in [0.25, 0.3) is 0 Å². The lowest BCUT2D eigenvalue weighted by molar-refractivity contribution is 0.385. The Bertz CT molecular complexity index is 598. The lowest BCUT2D eigenvalue weighted by Gasteiger charge is -2.22. The zero-order valence-corrected chi connectivity index (χ0v) is 12.8. The number of benzene rings is 2. The normalized spacial score (nSPS) is 12.2. The Kier molecular flexibility index (Phi) is 5.34. The van der Waals surface area contributed by atoms with Gasteiger partial charge in [-0.25, -0.2) is 4.39 Å². The first kappa shape index (κ1) is 15.5. The second kappa shape index (κ2) is 7.23. The van der Waals surface area contributed by atoms with Crippen LogP contribution in [0.15, 0.2) is 42.5 Å². The van der Waals surface area contributed by atoms with Gasteiger partial charge in [-0.3, -0.25) is 0 Å². The number of hydrogen-bond donors (Lipinski definition) is 1. The van der Waals surface area contributed by atoms with Crippen LogP contribution in [-0.4, -0.2) is 13.7 Å². The molecule has 0 bridgehead atoms. The van der Waals surface area contributed by atoms with Crippen molar-refractivity contribution >= 4 is 0 Å². The van der Waals surface area contributed by atoms with Crippen LogP contribution in [0, 0.1) is 12.7 Å². The largest absolute Gasteiger partial charge is 0.494 e. The standard InChI is InChI=1S/C18H22FNO/c1-4-11-20-18(15-8-6-5-7-13(15)2)14-9-10-16(19)17(12-14)21-3/h5-10,12,18,20H,4,11H2,1-3H3. The number of nitrogens with one attached hydrogen (secondary N) is 1.